The van der Waals surface area contributed by atoms with Crippen LogP contribution in [0.2, 0.25) is 5.02 Å². The van der Waals surface area contributed by atoms with Gasteiger partial charge in [-0.2, -0.15) is 0 Å². The monoisotopic (exact) mass is 573 g/mol. The van der Waals surface area contributed by atoms with Gasteiger partial charge in [-0.25, -0.2) is 19.9 Å². The highest BCUT2D eigenvalue weighted by atomic mass is 79.9. The molecule has 0 aromatic carbocycles. The number of aromatic nitrogens is 6. The molecule has 0 aliphatic rings. The number of fused-ring (bicyclic) bond motifs is 1. The molecule has 4 heterocycles. The highest BCUT2D eigenvalue weighted by Crippen LogP contribution is 2.33. The van der Waals surface area contributed by atoms with E-state index in [1.807, 2.05) is 18.7 Å². The third-order valence-corrected chi connectivity index (χ3v) is 6.50. The number of rotatable bonds is 10. The normalized spacial score (nSPS) is 11.2. The summed E-state index contributed by atoms with van der Waals surface area (Å²) in [5.41, 5.74) is 9.41. The molecule has 5 N–H and O–H groups in total. The van der Waals surface area contributed by atoms with Crippen LogP contribution in [0, 0.1) is 0 Å². The number of imidazole rings is 1. The number of aryl methyl sites for hydroxylation is 1. The van der Waals surface area contributed by atoms with Crippen LogP contribution in [0.3, 0.4) is 0 Å². The van der Waals surface area contributed by atoms with Crippen molar-refractivity contribution in [3.8, 4) is 11.3 Å². The number of alkyl halides is 1. The summed E-state index contributed by atoms with van der Waals surface area (Å²) < 4.78 is 1.85. The van der Waals surface area contributed by atoms with Gasteiger partial charge in [-0.3, -0.25) is 14.7 Å². The van der Waals surface area contributed by atoms with Crippen molar-refractivity contribution >= 4 is 67.6 Å². The van der Waals surface area contributed by atoms with Gasteiger partial charge in [0, 0.05) is 33.4 Å². The lowest BCUT2D eigenvalue weighted by atomic mass is 10.1. The van der Waals surface area contributed by atoms with Crippen molar-refractivity contribution in [1.29, 1.82) is 0 Å². The van der Waals surface area contributed by atoms with Gasteiger partial charge in [0.1, 0.15) is 17.0 Å². The van der Waals surface area contributed by atoms with Gasteiger partial charge in [0.25, 0.3) is 5.91 Å². The van der Waals surface area contributed by atoms with Gasteiger partial charge in [-0.15, -0.1) is 0 Å². The molecule has 0 aliphatic carbocycles. The fraction of sp³-hybridized carbons (Fsp3) is 0.273. The van der Waals surface area contributed by atoms with Gasteiger partial charge in [0.2, 0.25) is 0 Å². The van der Waals surface area contributed by atoms with Crippen LogP contribution in [-0.4, -0.2) is 72.9 Å². The lowest BCUT2D eigenvalue weighted by Crippen LogP contribution is -2.24. The Kier molecular flexibility index (Phi) is 7.82. The Morgan fingerprint density at radius 2 is 2.00 bits per heavy atom. The van der Waals surface area contributed by atoms with E-state index in [9.17, 15) is 4.79 Å². The number of pyridine rings is 2. The molecule has 0 aliphatic heterocycles. The Morgan fingerprint density at radius 3 is 2.69 bits per heavy atom. The highest BCUT2D eigenvalue weighted by molar-refractivity contribution is 9.09. The van der Waals surface area contributed by atoms with Crippen LogP contribution < -0.4 is 21.7 Å². The number of nitrogens with one attached hydrogen (secondary N) is 3. The first kappa shape index (κ1) is 25.5. The fourth-order valence-electron chi connectivity index (χ4n) is 3.47. The summed E-state index contributed by atoms with van der Waals surface area (Å²) in [5.74, 6) is 0.377. The van der Waals surface area contributed by atoms with E-state index in [1.165, 1.54) is 0 Å². The Labute approximate surface area is 220 Å². The number of anilines is 4. The number of likely N-dealkylation sites (N-methyl/N-ethyl adjacent to an activating group) is 1. The molecule has 4 rings (SSSR count). The molecule has 0 unspecified atom stereocenters. The minimum absolute atomic E-state index is 0.0481. The number of hydrogen-bond acceptors (Lipinski definition) is 10. The molecule has 0 saturated heterocycles. The molecule has 36 heavy (non-hydrogen) atoms. The molecule has 0 spiro atoms. The fourth-order valence-corrected chi connectivity index (χ4v) is 3.95. The third kappa shape index (κ3) is 5.32. The summed E-state index contributed by atoms with van der Waals surface area (Å²) in [6, 6.07) is 1.68. The summed E-state index contributed by atoms with van der Waals surface area (Å²) >= 11 is 9.83. The van der Waals surface area contributed by atoms with Crippen LogP contribution in [0.4, 0.5) is 23.1 Å². The van der Waals surface area contributed by atoms with E-state index in [2.05, 4.69) is 61.7 Å². The summed E-state index contributed by atoms with van der Waals surface area (Å²) in [4.78, 5) is 36.7. The maximum absolute atomic E-state index is 12.3. The van der Waals surface area contributed by atoms with Crippen LogP contribution >= 0.6 is 27.5 Å². The maximum Gasteiger partial charge on any atom is 0.271 e. The molecule has 0 saturated carbocycles. The van der Waals surface area contributed by atoms with Gasteiger partial charge in [0.15, 0.2) is 17.3 Å². The molecule has 0 atom stereocenters. The number of carbonyl (C=O) groups is 1. The van der Waals surface area contributed by atoms with Gasteiger partial charge in [-0.1, -0.05) is 27.5 Å². The van der Waals surface area contributed by atoms with E-state index in [-0.39, 0.29) is 11.5 Å². The van der Waals surface area contributed by atoms with E-state index in [1.54, 1.807) is 38.0 Å². The van der Waals surface area contributed by atoms with Crippen LogP contribution in [-0.2, 0) is 7.05 Å². The van der Waals surface area contributed by atoms with Gasteiger partial charge in [0.05, 0.1) is 46.0 Å². The molecule has 4 aromatic rings. The SMILES string of the molecule is CNc1nc(Nc2cnc(NCCN(C)CBr)c(Cl)c2)c(C(N)=O)nc1-c1cncc2c1ncn2C. The van der Waals surface area contributed by atoms with E-state index in [0.29, 0.717) is 45.7 Å². The van der Waals surface area contributed by atoms with Crippen molar-refractivity contribution in [3.63, 3.8) is 0 Å². The summed E-state index contributed by atoms with van der Waals surface area (Å²) in [5, 5.41) is 9.70. The summed E-state index contributed by atoms with van der Waals surface area (Å²) in [6.45, 7) is 1.48. The second-order valence-corrected chi connectivity index (χ2v) is 8.86. The van der Waals surface area contributed by atoms with Crippen molar-refractivity contribution < 1.29 is 4.79 Å². The molecule has 188 valence electrons. The predicted molar refractivity (Wildman–Crippen MR) is 145 cm³/mol. The molecule has 1 amide bonds. The zero-order valence-corrected chi connectivity index (χ0v) is 22.2. The minimum atomic E-state index is -0.747. The number of halogens is 2. The third-order valence-electron chi connectivity index (χ3n) is 5.35. The number of hydrogen-bond donors (Lipinski definition) is 4. The second-order valence-electron chi connectivity index (χ2n) is 7.95. The molecule has 0 radical (unpaired) electrons. The Balaban J connectivity index is 1.66. The second kappa shape index (κ2) is 11.0. The topological polar surface area (TPSA) is 152 Å². The van der Waals surface area contributed by atoms with Crippen LogP contribution in [0.5, 0.6) is 0 Å². The number of carbonyl (C=O) groups excluding carboxylic acids is 1. The number of primary amides is 1. The van der Waals surface area contributed by atoms with Crippen molar-refractivity contribution in [2.24, 2.45) is 12.8 Å². The lowest BCUT2D eigenvalue weighted by Gasteiger charge is -2.16. The molecule has 0 fully saturated rings. The zero-order chi connectivity index (χ0) is 25.8. The quantitative estimate of drug-likeness (QED) is 0.164. The first-order valence-electron chi connectivity index (χ1n) is 10.9. The van der Waals surface area contributed by atoms with Crippen molar-refractivity contribution in [1.82, 2.24) is 34.4 Å². The smallest absolute Gasteiger partial charge is 0.271 e. The molecular formula is C22H25BrClN11O. The first-order chi connectivity index (χ1) is 17.3. The van der Waals surface area contributed by atoms with Crippen molar-refractivity contribution in [3.05, 3.63) is 41.7 Å². The average Bonchev–Trinajstić information content (AvgIpc) is 3.25. The maximum atomic E-state index is 12.3. The lowest BCUT2D eigenvalue weighted by molar-refractivity contribution is 0.0996. The molecule has 0 bridgehead atoms. The summed E-state index contributed by atoms with van der Waals surface area (Å²) in [7, 11) is 5.57. The van der Waals surface area contributed by atoms with Crippen molar-refractivity contribution in [2.75, 3.05) is 48.6 Å². The van der Waals surface area contributed by atoms with Crippen LogP contribution in [0.15, 0.2) is 31.0 Å². The van der Waals surface area contributed by atoms with E-state index < -0.39 is 5.91 Å². The van der Waals surface area contributed by atoms with Crippen LogP contribution in [0.25, 0.3) is 22.3 Å². The molecule has 12 nitrogen and oxygen atoms in total. The van der Waals surface area contributed by atoms with E-state index in [4.69, 9.17) is 17.3 Å². The van der Waals surface area contributed by atoms with Gasteiger partial charge in [-0.05, 0) is 13.1 Å². The Hall–Kier alpha value is -3.55. The van der Waals surface area contributed by atoms with Crippen LogP contribution in [0.1, 0.15) is 10.5 Å². The van der Waals surface area contributed by atoms with Crippen molar-refractivity contribution in [2.45, 2.75) is 0 Å². The van der Waals surface area contributed by atoms with Gasteiger partial charge >= 0.3 is 0 Å². The number of amides is 1. The molecular weight excluding hydrogens is 550 g/mol. The largest absolute Gasteiger partial charge is 0.371 e. The first-order valence-corrected chi connectivity index (χ1v) is 12.4. The highest BCUT2D eigenvalue weighted by Gasteiger charge is 2.21. The predicted octanol–water partition coefficient (Wildman–Crippen LogP) is 3.05. The van der Waals surface area contributed by atoms with E-state index >= 15 is 0 Å². The number of nitrogens with two attached hydrogens (primary N) is 1. The summed E-state index contributed by atoms with van der Waals surface area (Å²) in [6.07, 6.45) is 6.60. The standard InChI is InChI=1S/C22H25BrClN11O/c1-26-21-17(13-8-27-9-15-16(13)30-11-35(15)3)32-18(19(25)36)22(33-21)31-12-6-14(24)20(29-7-12)28-4-5-34(2)10-23/h6-9,11H,4-5,10H2,1-3H3,(H2,25,36)(H,28,29)(H2,26,31,33). The zero-order valence-electron chi connectivity index (χ0n) is 19.9. The minimum Gasteiger partial charge on any atom is -0.371 e. The molecule has 4 aromatic heterocycles. The molecule has 14 heteroatoms. The average molecular weight is 575 g/mol. The van der Waals surface area contributed by atoms with Gasteiger partial charge < -0.3 is 26.3 Å². The Morgan fingerprint density at radius 1 is 1.19 bits per heavy atom. The number of nitrogens with zero attached hydrogens (tertiary/aromatic N) is 7. The Bertz CT molecular complexity index is 1410. The van der Waals surface area contributed by atoms with E-state index in [0.717, 1.165) is 17.5 Å².